The third-order valence-corrected chi connectivity index (χ3v) is 7.53. The molecule has 0 aliphatic carbocycles. The van der Waals surface area contributed by atoms with Gasteiger partial charge in [0.15, 0.2) is 5.82 Å². The number of hydrogen-bond acceptors (Lipinski definition) is 6. The highest BCUT2D eigenvalue weighted by Gasteiger charge is 2.27. The Hall–Kier alpha value is -1.90. The van der Waals surface area contributed by atoms with E-state index in [-0.39, 0.29) is 12.5 Å². The second-order valence-corrected chi connectivity index (χ2v) is 10.4. The zero-order chi connectivity index (χ0) is 24.9. The molecule has 0 spiro atoms. The van der Waals surface area contributed by atoms with E-state index in [2.05, 4.69) is 26.2 Å². The highest BCUT2D eigenvalue weighted by molar-refractivity contribution is 6.35. The zero-order valence-electron chi connectivity index (χ0n) is 19.7. The highest BCUT2D eigenvalue weighted by Crippen LogP contribution is 2.31. The van der Waals surface area contributed by atoms with Crippen LogP contribution in [-0.4, -0.2) is 69.6 Å². The van der Waals surface area contributed by atoms with E-state index < -0.39 is 5.97 Å². The van der Waals surface area contributed by atoms with Gasteiger partial charge in [0.1, 0.15) is 10.8 Å². The maximum absolute atomic E-state index is 10.9. The molecule has 2 atom stereocenters. The first-order valence-corrected chi connectivity index (χ1v) is 13.0. The van der Waals surface area contributed by atoms with Gasteiger partial charge in [0.2, 0.25) is 0 Å². The predicted molar refractivity (Wildman–Crippen MR) is 141 cm³/mol. The van der Waals surface area contributed by atoms with Gasteiger partial charge in [-0.1, -0.05) is 46.9 Å². The Kier molecular flexibility index (Phi) is 8.89. The van der Waals surface area contributed by atoms with Crippen LogP contribution in [0.2, 0.25) is 15.1 Å². The van der Waals surface area contributed by atoms with Gasteiger partial charge in [0.05, 0.1) is 18.7 Å². The number of carboxylic acids is 1. The molecular formula is C25H30Cl3N5O2. The Bertz CT molecular complexity index is 1100. The molecule has 2 aromatic rings. The zero-order valence-corrected chi connectivity index (χ0v) is 22.0. The van der Waals surface area contributed by atoms with Crippen LogP contribution in [0.3, 0.4) is 0 Å². The smallest absolute Gasteiger partial charge is 0.304 e. The Labute approximate surface area is 221 Å². The number of hydrogen-bond donors (Lipinski definition) is 2. The lowest BCUT2D eigenvalue weighted by atomic mass is 10.00. The van der Waals surface area contributed by atoms with Gasteiger partial charge in [-0.2, -0.15) is 0 Å². The van der Waals surface area contributed by atoms with Crippen LogP contribution in [0, 0.1) is 0 Å². The molecule has 2 N–H and O–H groups in total. The topological polar surface area (TPSA) is 81.6 Å². The molecule has 0 saturated carbocycles. The van der Waals surface area contributed by atoms with Crippen LogP contribution in [0.5, 0.6) is 0 Å². The molecule has 0 bridgehead atoms. The van der Waals surface area contributed by atoms with Gasteiger partial charge in [-0.3, -0.25) is 9.69 Å². The Morgan fingerprint density at radius 3 is 2.80 bits per heavy atom. The summed E-state index contributed by atoms with van der Waals surface area (Å²) >= 11 is 18.8. The van der Waals surface area contributed by atoms with E-state index in [1.165, 1.54) is 0 Å². The van der Waals surface area contributed by atoms with Crippen LogP contribution in [0.15, 0.2) is 30.5 Å². The van der Waals surface area contributed by atoms with E-state index in [0.29, 0.717) is 39.3 Å². The van der Waals surface area contributed by atoms with Crippen LogP contribution in [0.4, 0.5) is 5.82 Å². The normalized spacial score (nSPS) is 20.3. The van der Waals surface area contributed by atoms with Crippen LogP contribution in [0.25, 0.3) is 5.57 Å². The molecule has 1 saturated heterocycles. The van der Waals surface area contributed by atoms with Crippen LogP contribution in [-0.2, 0) is 4.79 Å². The number of piperidine rings is 1. The average Bonchev–Trinajstić information content (AvgIpc) is 2.84. The fourth-order valence-corrected chi connectivity index (χ4v) is 5.48. The summed E-state index contributed by atoms with van der Waals surface area (Å²) in [5, 5.41) is 14.0. The van der Waals surface area contributed by atoms with Gasteiger partial charge in [-0.05, 0) is 56.0 Å². The molecule has 10 heteroatoms. The van der Waals surface area contributed by atoms with E-state index in [1.807, 2.05) is 19.1 Å². The molecule has 0 unspecified atom stereocenters. The van der Waals surface area contributed by atoms with Gasteiger partial charge < -0.3 is 15.3 Å². The van der Waals surface area contributed by atoms with Crippen LogP contribution in [0.1, 0.15) is 50.0 Å². The third kappa shape index (κ3) is 6.86. The van der Waals surface area contributed by atoms with Crippen molar-refractivity contribution in [3.63, 3.8) is 0 Å². The molecule has 2 aliphatic rings. The number of anilines is 1. The number of halogens is 3. The number of carboxylic acid groups (broad SMARTS) is 1. The molecule has 188 valence electrons. The lowest BCUT2D eigenvalue weighted by molar-refractivity contribution is -0.137. The molecule has 0 radical (unpaired) electrons. The van der Waals surface area contributed by atoms with E-state index in [0.717, 1.165) is 56.6 Å². The fourth-order valence-electron chi connectivity index (χ4n) is 4.76. The van der Waals surface area contributed by atoms with Crippen molar-refractivity contribution in [3.8, 4) is 0 Å². The largest absolute Gasteiger partial charge is 0.481 e. The quantitative estimate of drug-likeness (QED) is 0.450. The fraction of sp³-hybridized carbons (Fsp3) is 0.480. The predicted octanol–water partition coefficient (Wildman–Crippen LogP) is 5.64. The first kappa shape index (κ1) is 26.2. The summed E-state index contributed by atoms with van der Waals surface area (Å²) in [4.78, 5) is 24.9. The number of aromatic nitrogens is 2. The van der Waals surface area contributed by atoms with E-state index in [9.17, 15) is 4.79 Å². The molecule has 1 fully saturated rings. The molecular weight excluding hydrogens is 509 g/mol. The van der Waals surface area contributed by atoms with Crippen molar-refractivity contribution in [3.05, 3.63) is 56.9 Å². The number of nitrogens with one attached hydrogen (secondary N) is 1. The minimum absolute atomic E-state index is 0.119. The number of aliphatic carboxylic acids is 1. The first-order valence-electron chi connectivity index (χ1n) is 11.9. The van der Waals surface area contributed by atoms with Crippen molar-refractivity contribution in [2.24, 2.45) is 0 Å². The molecule has 35 heavy (non-hydrogen) atoms. The lowest BCUT2D eigenvalue weighted by Crippen LogP contribution is -2.49. The molecule has 4 rings (SSSR count). The summed E-state index contributed by atoms with van der Waals surface area (Å²) in [7, 11) is 0. The van der Waals surface area contributed by atoms with Gasteiger partial charge in [-0.25, -0.2) is 9.97 Å². The summed E-state index contributed by atoms with van der Waals surface area (Å²) in [6, 6.07) is 5.75. The minimum atomic E-state index is -0.736. The van der Waals surface area contributed by atoms with Crippen molar-refractivity contribution in [2.75, 3.05) is 38.0 Å². The second kappa shape index (κ2) is 11.9. The first-order chi connectivity index (χ1) is 16.8. The maximum atomic E-state index is 10.9. The maximum Gasteiger partial charge on any atom is 0.304 e. The summed E-state index contributed by atoms with van der Waals surface area (Å²) in [5.74, 6) is 0.512. The average molecular weight is 539 g/mol. The number of rotatable bonds is 8. The summed E-state index contributed by atoms with van der Waals surface area (Å²) in [5.41, 5.74) is 2.02. The van der Waals surface area contributed by atoms with Crippen molar-refractivity contribution in [1.82, 2.24) is 19.8 Å². The number of benzene rings is 1. The van der Waals surface area contributed by atoms with E-state index >= 15 is 0 Å². The number of nitrogens with zero attached hydrogens (tertiary/aromatic N) is 4. The molecule has 1 aromatic carbocycles. The Morgan fingerprint density at radius 1 is 1.26 bits per heavy atom. The molecule has 3 heterocycles. The SMILES string of the molecule is C[C@@H](Nc1nc(C2=CCN([C@H]3CCCN(CCC(=O)O)C3)CC2)ncc1Cl)c1ccc(Cl)cc1Cl. The summed E-state index contributed by atoms with van der Waals surface area (Å²) in [6.45, 7) is 6.27. The molecule has 2 aliphatic heterocycles. The lowest BCUT2D eigenvalue weighted by Gasteiger charge is -2.40. The van der Waals surface area contributed by atoms with Gasteiger partial charge in [0, 0.05) is 42.3 Å². The minimum Gasteiger partial charge on any atom is -0.481 e. The third-order valence-electron chi connectivity index (χ3n) is 6.69. The van der Waals surface area contributed by atoms with E-state index in [1.54, 1.807) is 12.3 Å². The van der Waals surface area contributed by atoms with Gasteiger partial charge in [0.25, 0.3) is 0 Å². The summed E-state index contributed by atoms with van der Waals surface area (Å²) in [6.07, 6.45) is 7.13. The highest BCUT2D eigenvalue weighted by atomic mass is 35.5. The van der Waals surface area contributed by atoms with Crippen molar-refractivity contribution in [1.29, 1.82) is 0 Å². The Morgan fingerprint density at radius 2 is 2.09 bits per heavy atom. The number of likely N-dealkylation sites (tertiary alicyclic amines) is 1. The standard InChI is InChI=1S/C25H30Cl3N5O2/c1-16(20-5-4-18(26)13-21(20)27)30-25-22(28)14-29-24(31-25)17-6-11-33(12-7-17)19-3-2-9-32(15-19)10-8-23(34)35/h4-6,13-14,16,19H,2-3,7-12,15H2,1H3,(H,34,35)(H,29,30,31)/t16-,19+/m1/s1. The van der Waals surface area contributed by atoms with Crippen molar-refractivity contribution in [2.45, 2.75) is 44.7 Å². The molecule has 0 amide bonds. The van der Waals surface area contributed by atoms with Gasteiger partial charge in [-0.15, -0.1) is 0 Å². The Balaban J connectivity index is 1.40. The van der Waals surface area contributed by atoms with Crippen molar-refractivity contribution < 1.29 is 9.90 Å². The summed E-state index contributed by atoms with van der Waals surface area (Å²) < 4.78 is 0. The van der Waals surface area contributed by atoms with Crippen LogP contribution < -0.4 is 5.32 Å². The second-order valence-electron chi connectivity index (χ2n) is 9.14. The van der Waals surface area contributed by atoms with Crippen LogP contribution >= 0.6 is 34.8 Å². The number of carbonyl (C=O) groups is 1. The molecule has 1 aromatic heterocycles. The molecule has 7 nitrogen and oxygen atoms in total. The van der Waals surface area contributed by atoms with E-state index in [4.69, 9.17) is 44.9 Å². The van der Waals surface area contributed by atoms with Crippen molar-refractivity contribution >= 4 is 52.2 Å². The van der Waals surface area contributed by atoms with Gasteiger partial charge >= 0.3 is 5.97 Å². The monoisotopic (exact) mass is 537 g/mol.